The number of hydrogen-bond donors (Lipinski definition) is 4. The zero-order valence-electron chi connectivity index (χ0n) is 30.9. The standard InChI is InChI=1S/C39H49N9O5/c1-25-21-34(48-17-19-52-20-18-48)40-24-32(25)28-9-5-26(6-10-28)22-33(37(50)42-31-15-13-29(14-16-31)35-44-46-47-45-35)43-36(49)30-11-7-27(8-12-30)23-41-38(51)53-39(2,3)4/h5-6,9-10,13-16,21,24,27,30,33H,7-8,11-12,17-20,22-23H2,1-4H3,(H,41,51)(H,42,50)(H,43,49)(H,44,45,46,47)/t27?,30?,33-/m0/s1. The Morgan fingerprint density at radius 2 is 1.68 bits per heavy atom. The molecule has 2 fully saturated rings. The molecule has 1 aliphatic heterocycles. The molecule has 14 nitrogen and oxygen atoms in total. The van der Waals surface area contributed by atoms with Crippen LogP contribution in [0.1, 0.15) is 57.6 Å². The van der Waals surface area contributed by atoms with E-state index in [1.165, 1.54) is 0 Å². The van der Waals surface area contributed by atoms with E-state index in [0.29, 0.717) is 50.5 Å². The van der Waals surface area contributed by atoms with Gasteiger partial charge in [-0.05, 0) is 112 Å². The molecule has 0 bridgehead atoms. The maximum atomic E-state index is 13.8. The van der Waals surface area contributed by atoms with Gasteiger partial charge in [-0.25, -0.2) is 9.78 Å². The van der Waals surface area contributed by atoms with E-state index in [4.69, 9.17) is 14.5 Å². The van der Waals surface area contributed by atoms with E-state index in [-0.39, 0.29) is 23.7 Å². The molecule has 1 atom stereocenters. The molecule has 6 rings (SSSR count). The molecule has 280 valence electrons. The number of aromatic nitrogens is 5. The highest BCUT2D eigenvalue weighted by Crippen LogP contribution is 2.30. The van der Waals surface area contributed by atoms with Gasteiger partial charge >= 0.3 is 6.09 Å². The third-order valence-corrected chi connectivity index (χ3v) is 9.68. The van der Waals surface area contributed by atoms with Gasteiger partial charge in [0.05, 0.1) is 13.2 Å². The second-order valence-corrected chi connectivity index (χ2v) is 14.8. The van der Waals surface area contributed by atoms with Crippen molar-refractivity contribution in [3.05, 3.63) is 71.9 Å². The average Bonchev–Trinajstić information content (AvgIpc) is 3.70. The summed E-state index contributed by atoms with van der Waals surface area (Å²) < 4.78 is 10.8. The van der Waals surface area contributed by atoms with Crippen LogP contribution in [0.3, 0.4) is 0 Å². The van der Waals surface area contributed by atoms with E-state index >= 15 is 0 Å². The van der Waals surface area contributed by atoms with Crippen LogP contribution >= 0.6 is 0 Å². The molecule has 4 aromatic rings. The summed E-state index contributed by atoms with van der Waals surface area (Å²) in [5, 5.41) is 23.0. The van der Waals surface area contributed by atoms with Gasteiger partial charge in [-0.1, -0.05) is 24.3 Å². The van der Waals surface area contributed by atoms with Crippen molar-refractivity contribution in [2.24, 2.45) is 11.8 Å². The normalized spacial score (nSPS) is 18.2. The molecule has 53 heavy (non-hydrogen) atoms. The lowest BCUT2D eigenvalue weighted by atomic mass is 9.81. The Kier molecular flexibility index (Phi) is 12.0. The molecule has 2 aromatic carbocycles. The molecule has 0 unspecified atom stereocenters. The lowest BCUT2D eigenvalue weighted by Crippen LogP contribution is -2.48. The Labute approximate surface area is 309 Å². The second-order valence-electron chi connectivity index (χ2n) is 14.8. The fourth-order valence-corrected chi connectivity index (χ4v) is 6.75. The number of carbonyl (C=O) groups is 3. The molecule has 0 spiro atoms. The van der Waals surface area contributed by atoms with Gasteiger partial charge in [0.2, 0.25) is 17.6 Å². The molecule has 3 amide bonds. The highest BCUT2D eigenvalue weighted by Gasteiger charge is 2.30. The summed E-state index contributed by atoms with van der Waals surface area (Å²) in [5.41, 5.74) is 4.87. The number of rotatable bonds is 11. The van der Waals surface area contributed by atoms with Crippen LogP contribution in [-0.2, 0) is 25.5 Å². The number of tetrazole rings is 1. The quantitative estimate of drug-likeness (QED) is 0.163. The van der Waals surface area contributed by atoms with Gasteiger partial charge in [0.1, 0.15) is 17.5 Å². The number of benzene rings is 2. The molecular formula is C39H49N9O5. The SMILES string of the molecule is Cc1cc(N2CCOCC2)ncc1-c1ccc(C[C@H](NC(=O)C2CCC(CNC(=O)OC(C)(C)C)CC2)C(=O)Nc2ccc(-c3nn[nH]n3)cc2)cc1. The lowest BCUT2D eigenvalue weighted by molar-refractivity contribution is -0.130. The van der Waals surface area contributed by atoms with E-state index in [0.717, 1.165) is 59.6 Å². The van der Waals surface area contributed by atoms with Crippen LogP contribution < -0.4 is 20.9 Å². The highest BCUT2D eigenvalue weighted by molar-refractivity contribution is 5.97. The molecule has 1 saturated carbocycles. The number of pyridine rings is 1. The van der Waals surface area contributed by atoms with E-state index in [2.05, 4.69) is 54.5 Å². The third kappa shape index (κ3) is 10.4. The van der Waals surface area contributed by atoms with Gasteiger partial charge in [0.25, 0.3) is 0 Å². The summed E-state index contributed by atoms with van der Waals surface area (Å²) in [6, 6.07) is 16.5. The topological polar surface area (TPSA) is 176 Å². The minimum atomic E-state index is -0.812. The van der Waals surface area contributed by atoms with Crippen molar-refractivity contribution in [1.29, 1.82) is 0 Å². The Morgan fingerprint density at radius 3 is 2.32 bits per heavy atom. The number of morpholine rings is 1. The number of ether oxygens (including phenoxy) is 2. The van der Waals surface area contributed by atoms with E-state index < -0.39 is 17.7 Å². The Hall–Kier alpha value is -5.37. The zero-order valence-corrected chi connectivity index (χ0v) is 30.9. The number of nitrogens with zero attached hydrogens (tertiary/aromatic N) is 5. The predicted octanol–water partition coefficient (Wildman–Crippen LogP) is 5.07. The predicted molar refractivity (Wildman–Crippen MR) is 201 cm³/mol. The van der Waals surface area contributed by atoms with Gasteiger partial charge in [-0.15, -0.1) is 10.2 Å². The molecule has 1 aliphatic carbocycles. The van der Waals surface area contributed by atoms with Gasteiger partial charge in [-0.3, -0.25) is 9.59 Å². The van der Waals surface area contributed by atoms with Crippen molar-refractivity contribution in [2.75, 3.05) is 43.1 Å². The van der Waals surface area contributed by atoms with Crippen LogP contribution in [0.2, 0.25) is 0 Å². The highest BCUT2D eigenvalue weighted by atomic mass is 16.6. The van der Waals surface area contributed by atoms with Crippen LogP contribution in [0.25, 0.3) is 22.5 Å². The Morgan fingerprint density at radius 1 is 0.981 bits per heavy atom. The second kappa shape index (κ2) is 17.0. The van der Waals surface area contributed by atoms with Crippen molar-refractivity contribution in [2.45, 2.75) is 71.4 Å². The monoisotopic (exact) mass is 723 g/mol. The number of nitrogens with one attached hydrogen (secondary N) is 4. The summed E-state index contributed by atoms with van der Waals surface area (Å²) in [6.07, 6.45) is 4.72. The van der Waals surface area contributed by atoms with Crippen molar-refractivity contribution in [3.8, 4) is 22.5 Å². The largest absolute Gasteiger partial charge is 0.444 e. The maximum absolute atomic E-state index is 13.8. The molecule has 3 heterocycles. The first kappa shape index (κ1) is 37.4. The fourth-order valence-electron chi connectivity index (χ4n) is 6.75. The number of hydrogen-bond acceptors (Lipinski definition) is 10. The minimum Gasteiger partial charge on any atom is -0.444 e. The van der Waals surface area contributed by atoms with Gasteiger partial charge in [0, 0.05) is 55.0 Å². The Bertz CT molecular complexity index is 1830. The van der Waals surface area contributed by atoms with Crippen molar-refractivity contribution in [1.82, 2.24) is 36.2 Å². The van der Waals surface area contributed by atoms with Crippen LogP contribution in [0.4, 0.5) is 16.3 Å². The van der Waals surface area contributed by atoms with Gasteiger partial charge in [-0.2, -0.15) is 5.21 Å². The van der Waals surface area contributed by atoms with Crippen LogP contribution in [0.5, 0.6) is 0 Å². The number of anilines is 2. The van der Waals surface area contributed by atoms with Gasteiger partial charge in [0.15, 0.2) is 0 Å². The minimum absolute atomic E-state index is 0.144. The van der Waals surface area contributed by atoms with Crippen LogP contribution in [-0.4, -0.2) is 88.0 Å². The number of alkyl carbamates (subject to hydrolysis) is 1. The Balaban J connectivity index is 1.11. The van der Waals surface area contributed by atoms with Crippen LogP contribution in [0, 0.1) is 18.8 Å². The van der Waals surface area contributed by atoms with Crippen molar-refractivity contribution in [3.63, 3.8) is 0 Å². The van der Waals surface area contributed by atoms with E-state index in [9.17, 15) is 14.4 Å². The molecule has 1 saturated heterocycles. The summed E-state index contributed by atoms with van der Waals surface area (Å²) in [4.78, 5) is 46.6. The first-order chi connectivity index (χ1) is 25.5. The first-order valence-corrected chi connectivity index (χ1v) is 18.3. The number of aromatic amines is 1. The van der Waals surface area contributed by atoms with Crippen LogP contribution in [0.15, 0.2) is 60.8 Å². The van der Waals surface area contributed by atoms with Crippen molar-refractivity contribution < 1.29 is 23.9 Å². The average molecular weight is 724 g/mol. The summed E-state index contributed by atoms with van der Waals surface area (Å²) in [7, 11) is 0. The van der Waals surface area contributed by atoms with E-state index in [1.807, 2.05) is 51.2 Å². The molecule has 2 aromatic heterocycles. The third-order valence-electron chi connectivity index (χ3n) is 9.68. The van der Waals surface area contributed by atoms with Gasteiger partial charge < -0.3 is 30.3 Å². The number of carbonyl (C=O) groups excluding carboxylic acids is 3. The number of H-pyrrole nitrogens is 1. The molecule has 14 heteroatoms. The smallest absolute Gasteiger partial charge is 0.407 e. The molecule has 4 N–H and O–H groups in total. The fraction of sp³-hybridized carbons (Fsp3) is 0.462. The zero-order chi connectivity index (χ0) is 37.4. The molecule has 0 radical (unpaired) electrons. The number of amides is 3. The molecular weight excluding hydrogens is 674 g/mol. The maximum Gasteiger partial charge on any atom is 0.407 e. The summed E-state index contributed by atoms with van der Waals surface area (Å²) in [5.74, 6) is 0.972. The molecule has 2 aliphatic rings. The van der Waals surface area contributed by atoms with Crippen molar-refractivity contribution >= 4 is 29.4 Å². The summed E-state index contributed by atoms with van der Waals surface area (Å²) in [6.45, 7) is 11.1. The lowest BCUT2D eigenvalue weighted by Gasteiger charge is -2.29. The first-order valence-electron chi connectivity index (χ1n) is 18.3. The summed E-state index contributed by atoms with van der Waals surface area (Å²) >= 11 is 0. The number of aryl methyl sites for hydroxylation is 1. The van der Waals surface area contributed by atoms with E-state index in [1.54, 1.807) is 24.3 Å².